The van der Waals surface area contributed by atoms with Crippen molar-refractivity contribution in [1.29, 1.82) is 0 Å². The van der Waals surface area contributed by atoms with Gasteiger partial charge in [0.15, 0.2) is 11.3 Å². The molecular formula is C23H17ClF2N6O. The average molecular weight is 467 g/mol. The van der Waals surface area contributed by atoms with E-state index < -0.39 is 17.0 Å². The Morgan fingerprint density at radius 3 is 2.76 bits per heavy atom. The van der Waals surface area contributed by atoms with Gasteiger partial charge >= 0.3 is 5.38 Å². The van der Waals surface area contributed by atoms with Crippen LogP contribution in [0.3, 0.4) is 0 Å². The smallest absolute Gasteiger partial charge is 0.318 e. The number of fused-ring (bicyclic) bond motifs is 2. The van der Waals surface area contributed by atoms with Crippen molar-refractivity contribution in [2.45, 2.75) is 18.9 Å². The van der Waals surface area contributed by atoms with Gasteiger partial charge in [0.25, 0.3) is 5.91 Å². The Morgan fingerprint density at radius 2 is 1.94 bits per heavy atom. The first-order valence-electron chi connectivity index (χ1n) is 10.0. The van der Waals surface area contributed by atoms with Crippen molar-refractivity contribution in [2.75, 3.05) is 5.32 Å². The molecule has 3 heterocycles. The Hall–Kier alpha value is -3.85. The summed E-state index contributed by atoms with van der Waals surface area (Å²) in [5, 5.41) is 9.58. The molecule has 0 saturated heterocycles. The van der Waals surface area contributed by atoms with Crippen LogP contribution < -0.4 is 5.32 Å². The van der Waals surface area contributed by atoms with Gasteiger partial charge in [-0.2, -0.15) is 19.0 Å². The molecule has 0 unspecified atom stereocenters. The number of aromatic nitrogens is 5. The number of rotatable bonds is 5. The number of hydrogen-bond acceptors (Lipinski definition) is 4. The minimum Gasteiger partial charge on any atom is -0.318 e. The van der Waals surface area contributed by atoms with Crippen LogP contribution in [0.5, 0.6) is 0 Å². The number of carbonyl (C=O) groups excluding carboxylic acids is 1. The van der Waals surface area contributed by atoms with Crippen LogP contribution in [0.1, 0.15) is 27.4 Å². The van der Waals surface area contributed by atoms with Crippen LogP contribution in [0, 0.1) is 6.92 Å². The van der Waals surface area contributed by atoms with Crippen LogP contribution in [-0.2, 0) is 11.9 Å². The summed E-state index contributed by atoms with van der Waals surface area (Å²) in [7, 11) is 0. The molecule has 0 spiro atoms. The summed E-state index contributed by atoms with van der Waals surface area (Å²) in [6, 6.07) is 16.6. The van der Waals surface area contributed by atoms with Crippen molar-refractivity contribution < 1.29 is 13.6 Å². The van der Waals surface area contributed by atoms with Gasteiger partial charge in [0.05, 0.1) is 18.4 Å². The third-order valence-corrected chi connectivity index (χ3v) is 5.38. The van der Waals surface area contributed by atoms with Crippen molar-refractivity contribution in [2.24, 2.45) is 0 Å². The highest BCUT2D eigenvalue weighted by molar-refractivity contribution is 6.21. The van der Waals surface area contributed by atoms with E-state index in [-0.39, 0.29) is 11.3 Å². The largest absolute Gasteiger partial charge is 0.364 e. The van der Waals surface area contributed by atoms with Crippen LogP contribution in [0.15, 0.2) is 67.0 Å². The predicted octanol–water partition coefficient (Wildman–Crippen LogP) is 4.98. The molecule has 166 valence electrons. The molecule has 0 bridgehead atoms. The zero-order valence-electron chi connectivity index (χ0n) is 17.3. The second kappa shape index (κ2) is 7.93. The first-order chi connectivity index (χ1) is 15.8. The molecule has 1 amide bonds. The maximum Gasteiger partial charge on any atom is 0.364 e. The average Bonchev–Trinajstić information content (AvgIpc) is 3.39. The number of nitrogens with one attached hydrogen (secondary N) is 1. The quantitative estimate of drug-likeness (QED) is 0.371. The second-order valence-electron chi connectivity index (χ2n) is 7.60. The van der Waals surface area contributed by atoms with Crippen molar-refractivity contribution in [1.82, 2.24) is 24.4 Å². The molecule has 0 saturated carbocycles. The zero-order chi connectivity index (χ0) is 23.2. The van der Waals surface area contributed by atoms with E-state index in [2.05, 4.69) is 26.6 Å². The summed E-state index contributed by atoms with van der Waals surface area (Å²) in [6.07, 6.45) is 3.20. The lowest BCUT2D eigenvalue weighted by Crippen LogP contribution is -2.15. The van der Waals surface area contributed by atoms with Crippen LogP contribution in [0.2, 0.25) is 0 Å². The van der Waals surface area contributed by atoms with Gasteiger partial charge in [-0.3, -0.25) is 9.48 Å². The summed E-state index contributed by atoms with van der Waals surface area (Å²) in [4.78, 5) is 16.8. The number of amides is 1. The van der Waals surface area contributed by atoms with E-state index in [1.807, 2.05) is 36.4 Å². The van der Waals surface area contributed by atoms with Crippen molar-refractivity contribution in [3.8, 4) is 0 Å². The lowest BCUT2D eigenvalue weighted by atomic mass is 10.0. The zero-order valence-corrected chi connectivity index (χ0v) is 18.1. The van der Waals surface area contributed by atoms with E-state index in [1.54, 1.807) is 17.8 Å². The molecule has 10 heteroatoms. The van der Waals surface area contributed by atoms with E-state index in [0.29, 0.717) is 17.9 Å². The van der Waals surface area contributed by atoms with E-state index in [1.165, 1.54) is 12.3 Å². The van der Waals surface area contributed by atoms with Gasteiger partial charge in [0, 0.05) is 18.0 Å². The van der Waals surface area contributed by atoms with Gasteiger partial charge in [0.1, 0.15) is 5.69 Å². The summed E-state index contributed by atoms with van der Waals surface area (Å²) < 4.78 is 30.1. The Morgan fingerprint density at radius 1 is 1.15 bits per heavy atom. The SMILES string of the molecule is Cc1cc(C(F)(F)Cl)n2nc(C(=O)Nc3cnn(Cc4cccc5ccccc45)c3)cc2n1. The Labute approximate surface area is 191 Å². The van der Waals surface area contributed by atoms with Gasteiger partial charge in [-0.05, 0) is 40.9 Å². The van der Waals surface area contributed by atoms with Crippen molar-refractivity contribution in [3.05, 3.63) is 89.6 Å². The lowest BCUT2D eigenvalue weighted by molar-refractivity contribution is 0.0868. The van der Waals surface area contributed by atoms with E-state index in [9.17, 15) is 13.6 Å². The highest BCUT2D eigenvalue weighted by Gasteiger charge is 2.32. The van der Waals surface area contributed by atoms with Gasteiger partial charge in [-0.25, -0.2) is 9.50 Å². The van der Waals surface area contributed by atoms with Gasteiger partial charge < -0.3 is 5.32 Å². The molecule has 0 radical (unpaired) electrons. The first-order valence-corrected chi connectivity index (χ1v) is 10.4. The molecule has 3 aromatic heterocycles. The summed E-state index contributed by atoms with van der Waals surface area (Å²) in [5.74, 6) is -0.577. The predicted molar refractivity (Wildman–Crippen MR) is 121 cm³/mol. The number of carbonyl (C=O) groups is 1. The standard InChI is InChI=1S/C23H17ClF2N6O/c1-14-9-20(23(24,25)26)32-21(28-14)10-19(30-32)22(33)29-17-11-27-31(13-17)12-16-7-4-6-15-5-2-3-8-18(15)16/h2-11,13H,12H2,1H3,(H,29,33). The topological polar surface area (TPSA) is 77.1 Å². The molecule has 0 atom stereocenters. The molecular weight excluding hydrogens is 450 g/mol. The minimum atomic E-state index is -3.66. The number of nitrogens with zero attached hydrogens (tertiary/aromatic N) is 5. The van der Waals surface area contributed by atoms with Crippen LogP contribution in [-0.4, -0.2) is 30.3 Å². The second-order valence-corrected chi connectivity index (χ2v) is 8.07. The molecule has 0 aliphatic carbocycles. The molecule has 7 nitrogen and oxygen atoms in total. The fraction of sp³-hybridized carbons (Fsp3) is 0.130. The third-order valence-electron chi connectivity index (χ3n) is 5.18. The molecule has 5 rings (SSSR count). The summed E-state index contributed by atoms with van der Waals surface area (Å²) >= 11 is 5.20. The molecule has 33 heavy (non-hydrogen) atoms. The number of benzene rings is 2. The van der Waals surface area contributed by atoms with E-state index in [4.69, 9.17) is 11.6 Å². The lowest BCUT2D eigenvalue weighted by Gasteiger charge is -2.10. The fourth-order valence-electron chi connectivity index (χ4n) is 3.73. The first kappa shape index (κ1) is 21.0. The normalized spacial score (nSPS) is 11.9. The molecule has 0 fully saturated rings. The number of anilines is 1. The maximum absolute atomic E-state index is 13.8. The maximum atomic E-state index is 13.8. The molecule has 0 aliphatic rings. The van der Waals surface area contributed by atoms with Crippen LogP contribution in [0.4, 0.5) is 14.5 Å². The van der Waals surface area contributed by atoms with E-state index in [0.717, 1.165) is 26.9 Å². The van der Waals surface area contributed by atoms with Crippen molar-refractivity contribution in [3.63, 3.8) is 0 Å². The van der Waals surface area contributed by atoms with Crippen molar-refractivity contribution >= 4 is 39.6 Å². The molecule has 0 aliphatic heterocycles. The van der Waals surface area contributed by atoms with Gasteiger partial charge in [0.2, 0.25) is 0 Å². The van der Waals surface area contributed by atoms with Gasteiger partial charge in [-0.1, -0.05) is 42.5 Å². The van der Waals surface area contributed by atoms with Crippen LogP contribution in [0.25, 0.3) is 16.4 Å². The molecule has 1 N–H and O–H groups in total. The number of halogens is 3. The van der Waals surface area contributed by atoms with Gasteiger partial charge in [-0.15, -0.1) is 0 Å². The highest BCUT2D eigenvalue weighted by atomic mass is 35.5. The number of alkyl halides is 3. The molecule has 2 aromatic carbocycles. The minimum absolute atomic E-state index is 0.0722. The Kier molecular flexibility index (Phi) is 5.05. The number of hydrogen-bond donors (Lipinski definition) is 1. The van der Waals surface area contributed by atoms with E-state index >= 15 is 0 Å². The summed E-state index contributed by atoms with van der Waals surface area (Å²) in [5.41, 5.74) is 1.34. The monoisotopic (exact) mass is 466 g/mol. The summed E-state index contributed by atoms with van der Waals surface area (Å²) in [6.45, 7) is 2.08. The Bertz CT molecular complexity index is 1500. The number of aryl methyl sites for hydroxylation is 1. The molecule has 5 aromatic rings. The third kappa shape index (κ3) is 4.14. The fourth-order valence-corrected chi connectivity index (χ4v) is 3.86. The Balaban J connectivity index is 1.37. The highest BCUT2D eigenvalue weighted by Crippen LogP contribution is 2.32. The van der Waals surface area contributed by atoms with Crippen LogP contribution >= 0.6 is 11.6 Å².